The number of amides is 1. The second-order valence-electron chi connectivity index (χ2n) is 4.24. The zero-order valence-corrected chi connectivity index (χ0v) is 13.0. The summed E-state index contributed by atoms with van der Waals surface area (Å²) in [7, 11) is 1.39. The van der Waals surface area contributed by atoms with Gasteiger partial charge in [-0.2, -0.15) is 0 Å². The summed E-state index contributed by atoms with van der Waals surface area (Å²) in [6.07, 6.45) is 0. The molecule has 1 amide bonds. The molecule has 19 heavy (non-hydrogen) atoms. The largest absolute Gasteiger partial charge is 0.468 e. The lowest BCUT2D eigenvalue weighted by atomic mass is 10.3. The van der Waals surface area contributed by atoms with E-state index in [2.05, 4.69) is 20.7 Å². The van der Waals surface area contributed by atoms with Crippen LogP contribution in [0.4, 0.5) is 0 Å². The first-order valence-electron chi connectivity index (χ1n) is 5.93. The highest BCUT2D eigenvalue weighted by Gasteiger charge is 2.25. The van der Waals surface area contributed by atoms with Crippen LogP contribution < -0.4 is 0 Å². The number of esters is 1. The maximum absolute atomic E-state index is 12.3. The van der Waals surface area contributed by atoms with Crippen LogP contribution in [0.5, 0.6) is 0 Å². The Balaban J connectivity index is 1.88. The highest BCUT2D eigenvalue weighted by Crippen LogP contribution is 2.24. The van der Waals surface area contributed by atoms with E-state index < -0.39 is 0 Å². The lowest BCUT2D eigenvalue weighted by Crippen LogP contribution is -2.49. The maximum atomic E-state index is 12.3. The molecule has 1 aliphatic heterocycles. The topological polar surface area (TPSA) is 49.9 Å². The van der Waals surface area contributed by atoms with Crippen LogP contribution in [0.25, 0.3) is 0 Å². The molecule has 0 atom stereocenters. The van der Waals surface area contributed by atoms with Crippen LogP contribution in [0.2, 0.25) is 0 Å². The van der Waals surface area contributed by atoms with Gasteiger partial charge in [-0.25, -0.2) is 0 Å². The van der Waals surface area contributed by atoms with Crippen LogP contribution in [0, 0.1) is 0 Å². The number of hydrogen-bond donors (Lipinski definition) is 0. The second kappa shape index (κ2) is 6.49. The van der Waals surface area contributed by atoms with Crippen LogP contribution in [0.15, 0.2) is 15.9 Å². The lowest BCUT2D eigenvalue weighted by Gasteiger charge is -2.33. The van der Waals surface area contributed by atoms with Gasteiger partial charge in [-0.15, -0.1) is 11.3 Å². The van der Waals surface area contributed by atoms with Crippen LogP contribution in [-0.4, -0.2) is 61.5 Å². The van der Waals surface area contributed by atoms with Crippen molar-refractivity contribution >= 4 is 39.1 Å². The predicted molar refractivity (Wildman–Crippen MR) is 76.4 cm³/mol. The SMILES string of the molecule is COC(=O)CN1CCN(C(=O)c2sccc2Br)CC1. The van der Waals surface area contributed by atoms with Crippen molar-refractivity contribution in [3.63, 3.8) is 0 Å². The molecule has 0 spiro atoms. The second-order valence-corrected chi connectivity index (χ2v) is 6.01. The number of hydrogen-bond acceptors (Lipinski definition) is 5. The van der Waals surface area contributed by atoms with Crippen molar-refractivity contribution in [2.75, 3.05) is 39.8 Å². The van der Waals surface area contributed by atoms with Crippen LogP contribution in [0.3, 0.4) is 0 Å². The summed E-state index contributed by atoms with van der Waals surface area (Å²) in [4.78, 5) is 28.0. The fourth-order valence-electron chi connectivity index (χ4n) is 1.95. The summed E-state index contributed by atoms with van der Waals surface area (Å²) in [6, 6.07) is 1.88. The highest BCUT2D eigenvalue weighted by atomic mass is 79.9. The number of nitrogens with zero attached hydrogens (tertiary/aromatic N) is 2. The molecule has 104 valence electrons. The van der Waals surface area contributed by atoms with E-state index in [-0.39, 0.29) is 11.9 Å². The molecule has 0 saturated carbocycles. The minimum absolute atomic E-state index is 0.0552. The van der Waals surface area contributed by atoms with Gasteiger partial charge < -0.3 is 9.64 Å². The van der Waals surface area contributed by atoms with Crippen molar-refractivity contribution in [1.29, 1.82) is 0 Å². The van der Waals surface area contributed by atoms with Crippen LogP contribution in [0.1, 0.15) is 9.67 Å². The van der Waals surface area contributed by atoms with E-state index in [1.165, 1.54) is 18.4 Å². The van der Waals surface area contributed by atoms with Gasteiger partial charge >= 0.3 is 5.97 Å². The quantitative estimate of drug-likeness (QED) is 0.777. The van der Waals surface area contributed by atoms with Crippen LogP contribution in [-0.2, 0) is 9.53 Å². The summed E-state index contributed by atoms with van der Waals surface area (Å²) in [5.74, 6) is -0.180. The third-order valence-corrected chi connectivity index (χ3v) is 4.88. The van der Waals surface area contributed by atoms with Crippen molar-refractivity contribution in [2.24, 2.45) is 0 Å². The normalized spacial score (nSPS) is 16.4. The van der Waals surface area contributed by atoms with E-state index in [1.807, 2.05) is 21.2 Å². The average Bonchev–Trinajstić information content (AvgIpc) is 2.85. The fourth-order valence-corrected chi connectivity index (χ4v) is 3.45. The average molecular weight is 347 g/mol. The number of thiophene rings is 1. The van der Waals surface area contributed by atoms with Gasteiger partial charge in [0.05, 0.1) is 13.7 Å². The summed E-state index contributed by atoms with van der Waals surface area (Å²) in [5.41, 5.74) is 0. The van der Waals surface area contributed by atoms with Crippen LogP contribution >= 0.6 is 27.3 Å². The zero-order valence-electron chi connectivity index (χ0n) is 10.6. The third-order valence-electron chi connectivity index (χ3n) is 3.05. The van der Waals surface area contributed by atoms with E-state index in [9.17, 15) is 9.59 Å². The Morgan fingerprint density at radius 2 is 2.05 bits per heavy atom. The fraction of sp³-hybridized carbons (Fsp3) is 0.500. The molecule has 0 unspecified atom stereocenters. The van der Waals surface area contributed by atoms with Gasteiger partial charge in [-0.3, -0.25) is 14.5 Å². The zero-order chi connectivity index (χ0) is 13.8. The number of methoxy groups -OCH3 is 1. The molecule has 0 aromatic carbocycles. The third kappa shape index (κ3) is 3.55. The van der Waals surface area contributed by atoms with Gasteiger partial charge in [0, 0.05) is 30.7 Å². The first-order chi connectivity index (χ1) is 9.11. The Morgan fingerprint density at radius 1 is 1.37 bits per heavy atom. The Kier molecular flexibility index (Phi) is 4.95. The Bertz CT molecular complexity index is 469. The van der Waals surface area contributed by atoms with Gasteiger partial charge in [0.2, 0.25) is 0 Å². The Labute approximate surface area is 124 Å². The summed E-state index contributed by atoms with van der Waals surface area (Å²) >= 11 is 4.82. The molecule has 0 radical (unpaired) electrons. The molecular weight excluding hydrogens is 332 g/mol. The Morgan fingerprint density at radius 3 is 2.58 bits per heavy atom. The lowest BCUT2D eigenvalue weighted by molar-refractivity contribution is -0.142. The molecule has 1 aliphatic rings. The molecular formula is C12H15BrN2O3S. The van der Waals surface area contributed by atoms with Gasteiger partial charge in [0.25, 0.3) is 5.91 Å². The molecule has 0 N–H and O–H groups in total. The van der Waals surface area contributed by atoms with Gasteiger partial charge in [-0.1, -0.05) is 0 Å². The summed E-state index contributed by atoms with van der Waals surface area (Å²) in [5, 5.41) is 1.89. The van der Waals surface area contributed by atoms with Crippen molar-refractivity contribution < 1.29 is 14.3 Å². The molecule has 1 fully saturated rings. The minimum Gasteiger partial charge on any atom is -0.468 e. The molecule has 2 heterocycles. The number of carbonyl (C=O) groups is 2. The highest BCUT2D eigenvalue weighted by molar-refractivity contribution is 9.10. The predicted octanol–water partition coefficient (Wildman–Crippen LogP) is 1.44. The molecule has 0 aliphatic carbocycles. The number of ether oxygens (including phenoxy) is 1. The van der Waals surface area contributed by atoms with E-state index in [0.717, 1.165) is 9.35 Å². The van der Waals surface area contributed by atoms with E-state index in [4.69, 9.17) is 0 Å². The number of carbonyl (C=O) groups excluding carboxylic acids is 2. The molecule has 2 rings (SSSR count). The number of rotatable bonds is 3. The smallest absolute Gasteiger partial charge is 0.319 e. The molecule has 0 bridgehead atoms. The molecule has 1 aromatic heterocycles. The molecule has 1 saturated heterocycles. The molecule has 1 aromatic rings. The monoisotopic (exact) mass is 346 g/mol. The van der Waals surface area contributed by atoms with Gasteiger partial charge in [-0.05, 0) is 27.4 Å². The van der Waals surface area contributed by atoms with Crippen molar-refractivity contribution in [1.82, 2.24) is 9.80 Å². The minimum atomic E-state index is -0.235. The van der Waals surface area contributed by atoms with Crippen molar-refractivity contribution in [3.05, 3.63) is 20.8 Å². The van der Waals surface area contributed by atoms with Gasteiger partial charge in [0.1, 0.15) is 4.88 Å². The standard InChI is InChI=1S/C12H15BrN2O3S/c1-18-10(16)8-14-3-5-15(6-4-14)12(17)11-9(13)2-7-19-11/h2,7H,3-6,8H2,1H3. The Hall–Kier alpha value is -0.920. The van der Waals surface area contributed by atoms with Crippen molar-refractivity contribution in [3.8, 4) is 0 Å². The van der Waals surface area contributed by atoms with E-state index in [0.29, 0.717) is 32.7 Å². The van der Waals surface area contributed by atoms with E-state index in [1.54, 1.807) is 0 Å². The van der Waals surface area contributed by atoms with E-state index >= 15 is 0 Å². The molecule has 7 heteroatoms. The number of halogens is 1. The molecule has 5 nitrogen and oxygen atoms in total. The summed E-state index contributed by atoms with van der Waals surface area (Å²) in [6.45, 7) is 2.97. The first-order valence-corrected chi connectivity index (χ1v) is 7.60. The van der Waals surface area contributed by atoms with Crippen molar-refractivity contribution in [2.45, 2.75) is 0 Å². The maximum Gasteiger partial charge on any atom is 0.319 e. The summed E-state index contributed by atoms with van der Waals surface area (Å²) < 4.78 is 5.48. The van der Waals surface area contributed by atoms with Gasteiger partial charge in [0.15, 0.2) is 0 Å². The first kappa shape index (κ1) is 14.5. The number of piperazine rings is 1.